The Morgan fingerprint density at radius 1 is 1.15 bits per heavy atom. The minimum absolute atomic E-state index is 0.0299. The van der Waals surface area contributed by atoms with Crippen molar-refractivity contribution < 1.29 is 9.84 Å². The van der Waals surface area contributed by atoms with E-state index in [1.54, 1.807) is 6.20 Å². The summed E-state index contributed by atoms with van der Waals surface area (Å²) in [6.07, 6.45) is 4.83. The Bertz CT molecular complexity index is 631. The number of aliphatic hydroxyl groups excluding tert-OH is 1. The van der Waals surface area contributed by atoms with Crippen molar-refractivity contribution in [2.75, 3.05) is 18.0 Å². The van der Waals surface area contributed by atoms with E-state index in [4.69, 9.17) is 4.74 Å². The molecule has 2 aliphatic heterocycles. The minimum Gasteiger partial charge on any atom is -0.392 e. The Morgan fingerprint density at radius 3 is 2.55 bits per heavy atom. The van der Waals surface area contributed by atoms with E-state index in [0.717, 1.165) is 48.1 Å². The Morgan fingerprint density at radius 2 is 1.85 bits per heavy atom. The lowest BCUT2D eigenvalue weighted by Crippen LogP contribution is -2.43. The molecule has 3 heterocycles. The van der Waals surface area contributed by atoms with Crippen LogP contribution in [0.3, 0.4) is 0 Å². The normalized spacial score (nSPS) is 25.4. The summed E-state index contributed by atoms with van der Waals surface area (Å²) >= 11 is 0. The lowest BCUT2D eigenvalue weighted by atomic mass is 10.1. The number of hydrogen-bond acceptors (Lipinski definition) is 4. The van der Waals surface area contributed by atoms with E-state index in [-0.39, 0.29) is 6.61 Å². The van der Waals surface area contributed by atoms with Crippen LogP contribution in [-0.4, -0.2) is 35.4 Å². The third-order valence-corrected chi connectivity index (χ3v) is 4.37. The van der Waals surface area contributed by atoms with Crippen molar-refractivity contribution in [3.63, 3.8) is 0 Å². The van der Waals surface area contributed by atoms with Crippen molar-refractivity contribution in [1.82, 2.24) is 4.98 Å². The van der Waals surface area contributed by atoms with Crippen LogP contribution in [0.1, 0.15) is 18.4 Å². The van der Waals surface area contributed by atoms with Gasteiger partial charge in [0, 0.05) is 30.2 Å². The standard InChI is InChI=1S/C16H18N2O2/c19-10-11-7-17-16(15-4-2-1-3-14(11)15)18-8-12-5-6-13(9-18)20-12/h1-4,7,12-13,19H,5-6,8-10H2. The van der Waals surface area contributed by atoms with Gasteiger partial charge in [0.25, 0.3) is 0 Å². The first-order valence-corrected chi connectivity index (χ1v) is 7.23. The fourth-order valence-electron chi connectivity index (χ4n) is 3.40. The van der Waals surface area contributed by atoms with E-state index in [1.165, 1.54) is 0 Å². The van der Waals surface area contributed by atoms with Crippen LogP contribution in [0.25, 0.3) is 10.8 Å². The van der Waals surface area contributed by atoms with E-state index in [0.29, 0.717) is 12.2 Å². The quantitative estimate of drug-likeness (QED) is 0.907. The Balaban J connectivity index is 1.80. The molecule has 0 amide bonds. The molecule has 0 saturated carbocycles. The van der Waals surface area contributed by atoms with Crippen LogP contribution in [0.5, 0.6) is 0 Å². The molecule has 2 atom stereocenters. The number of morpholine rings is 1. The van der Waals surface area contributed by atoms with Gasteiger partial charge in [0.2, 0.25) is 0 Å². The molecule has 20 heavy (non-hydrogen) atoms. The highest BCUT2D eigenvalue weighted by atomic mass is 16.5. The molecular formula is C16H18N2O2. The zero-order valence-corrected chi connectivity index (χ0v) is 11.3. The van der Waals surface area contributed by atoms with E-state index in [1.807, 2.05) is 12.1 Å². The van der Waals surface area contributed by atoms with Gasteiger partial charge >= 0.3 is 0 Å². The average Bonchev–Trinajstić information content (AvgIpc) is 2.84. The molecule has 104 valence electrons. The number of anilines is 1. The summed E-state index contributed by atoms with van der Waals surface area (Å²) in [6, 6.07) is 8.19. The molecular weight excluding hydrogens is 252 g/mol. The number of aromatic nitrogens is 1. The predicted octanol–water partition coefficient (Wildman–Crippen LogP) is 2.09. The Kier molecular flexibility index (Phi) is 2.86. The fraction of sp³-hybridized carbons (Fsp3) is 0.438. The number of pyridine rings is 1. The summed E-state index contributed by atoms with van der Waals surface area (Å²) in [6.45, 7) is 1.88. The van der Waals surface area contributed by atoms with Gasteiger partial charge in [0.05, 0.1) is 18.8 Å². The minimum atomic E-state index is 0.0299. The van der Waals surface area contributed by atoms with Crippen molar-refractivity contribution in [2.45, 2.75) is 31.7 Å². The summed E-state index contributed by atoms with van der Waals surface area (Å²) in [5.41, 5.74) is 0.889. The molecule has 2 aromatic rings. The van der Waals surface area contributed by atoms with Crippen LogP contribution in [0.15, 0.2) is 30.5 Å². The highest BCUT2D eigenvalue weighted by Gasteiger charge is 2.34. The Labute approximate surface area is 118 Å². The first-order chi connectivity index (χ1) is 9.85. The van der Waals surface area contributed by atoms with Gasteiger partial charge in [-0.1, -0.05) is 24.3 Å². The van der Waals surface area contributed by atoms with Crippen molar-refractivity contribution in [3.05, 3.63) is 36.0 Å². The smallest absolute Gasteiger partial charge is 0.136 e. The molecule has 2 unspecified atom stereocenters. The highest BCUT2D eigenvalue weighted by molar-refractivity contribution is 5.94. The van der Waals surface area contributed by atoms with Gasteiger partial charge in [-0.2, -0.15) is 0 Å². The van der Waals surface area contributed by atoms with Crippen LogP contribution in [0, 0.1) is 0 Å². The maximum Gasteiger partial charge on any atom is 0.136 e. The van der Waals surface area contributed by atoms with E-state index in [9.17, 15) is 5.11 Å². The fourth-order valence-corrected chi connectivity index (χ4v) is 3.40. The molecule has 0 spiro atoms. The monoisotopic (exact) mass is 270 g/mol. The molecule has 2 aliphatic rings. The zero-order valence-electron chi connectivity index (χ0n) is 11.3. The molecule has 2 bridgehead atoms. The number of ether oxygens (including phenoxy) is 1. The van der Waals surface area contributed by atoms with Gasteiger partial charge in [-0.25, -0.2) is 4.98 Å². The molecule has 2 saturated heterocycles. The van der Waals surface area contributed by atoms with Gasteiger partial charge in [-0.05, 0) is 18.2 Å². The topological polar surface area (TPSA) is 45.6 Å². The average molecular weight is 270 g/mol. The third kappa shape index (κ3) is 1.87. The summed E-state index contributed by atoms with van der Waals surface area (Å²) in [7, 11) is 0. The molecule has 4 rings (SSSR count). The molecule has 1 N–H and O–H groups in total. The molecule has 1 aromatic heterocycles. The first kappa shape index (κ1) is 12.1. The van der Waals surface area contributed by atoms with Gasteiger partial charge in [-0.15, -0.1) is 0 Å². The van der Waals surface area contributed by atoms with Crippen LogP contribution < -0.4 is 4.90 Å². The van der Waals surface area contributed by atoms with Crippen molar-refractivity contribution in [3.8, 4) is 0 Å². The number of nitrogens with zero attached hydrogens (tertiary/aromatic N) is 2. The van der Waals surface area contributed by atoms with E-state index >= 15 is 0 Å². The van der Waals surface area contributed by atoms with E-state index < -0.39 is 0 Å². The van der Waals surface area contributed by atoms with Gasteiger partial charge < -0.3 is 14.7 Å². The molecule has 1 aromatic carbocycles. The second-order valence-electron chi connectivity index (χ2n) is 5.67. The number of rotatable bonds is 2. The molecule has 2 fully saturated rings. The number of aliphatic hydroxyl groups is 1. The van der Waals surface area contributed by atoms with Crippen LogP contribution >= 0.6 is 0 Å². The summed E-state index contributed by atoms with van der Waals surface area (Å²) < 4.78 is 5.90. The molecule has 0 aliphatic carbocycles. The number of fused-ring (bicyclic) bond motifs is 3. The summed E-state index contributed by atoms with van der Waals surface area (Å²) in [5, 5.41) is 11.7. The summed E-state index contributed by atoms with van der Waals surface area (Å²) in [4.78, 5) is 6.95. The summed E-state index contributed by atoms with van der Waals surface area (Å²) in [5.74, 6) is 1.03. The lowest BCUT2D eigenvalue weighted by molar-refractivity contribution is 0.0303. The van der Waals surface area contributed by atoms with E-state index in [2.05, 4.69) is 22.0 Å². The largest absolute Gasteiger partial charge is 0.392 e. The Hall–Kier alpha value is -1.65. The van der Waals surface area contributed by atoms with Crippen molar-refractivity contribution >= 4 is 16.6 Å². The second-order valence-corrected chi connectivity index (χ2v) is 5.67. The molecule has 4 nitrogen and oxygen atoms in total. The molecule has 4 heteroatoms. The van der Waals surface area contributed by atoms with Crippen molar-refractivity contribution in [2.24, 2.45) is 0 Å². The number of benzene rings is 1. The third-order valence-electron chi connectivity index (χ3n) is 4.37. The molecule has 0 radical (unpaired) electrons. The van der Waals surface area contributed by atoms with Crippen LogP contribution in [-0.2, 0) is 11.3 Å². The predicted molar refractivity (Wildman–Crippen MR) is 77.8 cm³/mol. The zero-order chi connectivity index (χ0) is 13.5. The van der Waals surface area contributed by atoms with Crippen LogP contribution in [0.2, 0.25) is 0 Å². The van der Waals surface area contributed by atoms with Gasteiger partial charge in [0.15, 0.2) is 0 Å². The maximum absolute atomic E-state index is 9.46. The first-order valence-electron chi connectivity index (χ1n) is 7.23. The van der Waals surface area contributed by atoms with Crippen LogP contribution in [0.4, 0.5) is 5.82 Å². The highest BCUT2D eigenvalue weighted by Crippen LogP contribution is 2.33. The second kappa shape index (κ2) is 4.72. The van der Waals surface area contributed by atoms with Crippen molar-refractivity contribution in [1.29, 1.82) is 0 Å². The lowest BCUT2D eigenvalue weighted by Gasteiger charge is -2.33. The maximum atomic E-state index is 9.46. The van der Waals surface area contributed by atoms with Gasteiger partial charge in [0.1, 0.15) is 5.82 Å². The SMILES string of the molecule is OCc1cnc(N2CC3CCC(C2)O3)c2ccccc12. The van der Waals surface area contributed by atoms with Gasteiger partial charge in [-0.3, -0.25) is 0 Å². The number of hydrogen-bond donors (Lipinski definition) is 1.